The third-order valence-electron chi connectivity index (χ3n) is 4.12. The summed E-state index contributed by atoms with van der Waals surface area (Å²) in [6, 6.07) is 4.58. The highest BCUT2D eigenvalue weighted by atomic mass is 32.2. The molecular formula is C18H34N2O18S2. The van der Waals surface area contributed by atoms with Crippen molar-refractivity contribution in [2.45, 2.75) is 9.79 Å². The number of phenols is 2. The molecule has 1 aliphatic heterocycles. The number of hydrogen-bond donors (Lipinski definition) is 6. The van der Waals surface area contributed by atoms with Gasteiger partial charge in [0.15, 0.2) is 0 Å². The van der Waals surface area contributed by atoms with Gasteiger partial charge in [0.2, 0.25) is 0 Å². The molecule has 0 saturated carbocycles. The van der Waals surface area contributed by atoms with E-state index in [1.54, 1.807) is 0 Å². The topological polar surface area (TPSA) is 452 Å². The molecule has 1 saturated heterocycles. The monoisotopic (exact) mass is 630 g/mol. The van der Waals surface area contributed by atoms with E-state index in [-0.39, 0.29) is 32.9 Å². The van der Waals surface area contributed by atoms with Gasteiger partial charge in [-0.3, -0.25) is 0 Å². The number of aromatic carboxylic acids is 2. The van der Waals surface area contributed by atoms with Crippen LogP contribution in [0.2, 0.25) is 0 Å². The summed E-state index contributed by atoms with van der Waals surface area (Å²) < 4.78 is 62.9. The van der Waals surface area contributed by atoms with Crippen LogP contribution in [0.5, 0.6) is 11.5 Å². The number of piperazine rings is 1. The Morgan fingerprint density at radius 2 is 0.850 bits per heavy atom. The van der Waals surface area contributed by atoms with Gasteiger partial charge in [0.25, 0.3) is 0 Å². The first kappa shape index (κ1) is 49.4. The van der Waals surface area contributed by atoms with Crippen molar-refractivity contribution in [1.29, 1.82) is 0 Å². The second-order valence-electron chi connectivity index (χ2n) is 6.61. The van der Waals surface area contributed by atoms with E-state index < -0.39 is 64.6 Å². The summed E-state index contributed by atoms with van der Waals surface area (Å²) >= 11 is 0. The second-order valence-corrected chi connectivity index (χ2v) is 9.37. The standard InChI is InChI=1S/2C7H6O6S.C4H10N2.6H2O/c2*8-6-2-1-4(14(11,12)13)3-5(6)7(9)10;1-2-6-4-3-5-1;;;;;;/h2*1-3,8H,(H,9,10)(H,11,12,13);5-6H,1-4H2;6*1H2. The summed E-state index contributed by atoms with van der Waals surface area (Å²) in [6.45, 7) is 5.28. The fourth-order valence-electron chi connectivity index (χ4n) is 2.44. The van der Waals surface area contributed by atoms with E-state index in [0.717, 1.165) is 24.3 Å². The average molecular weight is 631 g/mol. The van der Waals surface area contributed by atoms with Gasteiger partial charge in [-0.1, -0.05) is 0 Å². The fraction of sp³-hybridized carbons (Fsp3) is 0.222. The number of nitrogens with two attached hydrogens (primary N) is 2. The molecule has 3 rings (SSSR count). The van der Waals surface area contributed by atoms with E-state index in [0.29, 0.717) is 12.1 Å². The zero-order chi connectivity index (χ0) is 26.1. The summed E-state index contributed by atoms with van der Waals surface area (Å²) in [5.41, 5.74) is -1.25. The van der Waals surface area contributed by atoms with E-state index >= 15 is 0 Å². The Morgan fingerprint density at radius 3 is 1.02 bits per heavy atom. The maximum Gasteiger partial charge on any atom is 0.339 e. The molecule has 236 valence electrons. The van der Waals surface area contributed by atoms with Crippen molar-refractivity contribution in [2.24, 2.45) is 0 Å². The predicted octanol–water partition coefficient (Wildman–Crippen LogP) is -7.83. The van der Waals surface area contributed by atoms with E-state index in [2.05, 4.69) is 10.6 Å². The summed E-state index contributed by atoms with van der Waals surface area (Å²) in [4.78, 5) is 19.5. The molecule has 0 radical (unpaired) electrons. The van der Waals surface area contributed by atoms with Crippen molar-refractivity contribution >= 4 is 32.2 Å². The van der Waals surface area contributed by atoms with Gasteiger partial charge >= 0.3 is 11.9 Å². The van der Waals surface area contributed by atoms with Crippen LogP contribution in [0, 0.1) is 0 Å². The van der Waals surface area contributed by atoms with Gasteiger partial charge in [0.1, 0.15) is 69.0 Å². The van der Waals surface area contributed by atoms with Gasteiger partial charge in [-0.2, -0.15) is 0 Å². The summed E-state index contributed by atoms with van der Waals surface area (Å²) in [5.74, 6) is -4.20. The molecule has 0 bridgehead atoms. The van der Waals surface area contributed by atoms with E-state index in [1.807, 2.05) is 0 Å². The van der Waals surface area contributed by atoms with Crippen LogP contribution in [0.1, 0.15) is 20.7 Å². The molecule has 1 aliphatic rings. The van der Waals surface area contributed by atoms with Crippen molar-refractivity contribution in [3.63, 3.8) is 0 Å². The second kappa shape index (κ2) is 21.3. The van der Waals surface area contributed by atoms with Gasteiger partial charge in [-0.25, -0.2) is 26.4 Å². The number of carboxylic acid groups (broad SMARTS) is 2. The van der Waals surface area contributed by atoms with Crippen molar-refractivity contribution in [1.82, 2.24) is 0 Å². The summed E-state index contributed by atoms with van der Waals surface area (Å²) in [6.07, 6.45) is 0. The van der Waals surface area contributed by atoms with Crippen LogP contribution >= 0.6 is 0 Å². The predicted molar refractivity (Wildman–Crippen MR) is 131 cm³/mol. The van der Waals surface area contributed by atoms with Crippen LogP contribution in [0.25, 0.3) is 0 Å². The highest BCUT2D eigenvalue weighted by Crippen LogP contribution is 2.21. The van der Waals surface area contributed by atoms with E-state index in [9.17, 15) is 35.5 Å². The minimum absolute atomic E-state index is 0. The zero-order valence-electron chi connectivity index (χ0n) is 20.3. The Labute approximate surface area is 226 Å². The largest absolute Gasteiger partial charge is 0.744 e. The lowest BCUT2D eigenvalue weighted by Gasteiger charge is -2.08. The first-order chi connectivity index (χ1) is 15.6. The Kier molecular flexibility index (Phi) is 26.3. The van der Waals surface area contributed by atoms with Crippen molar-refractivity contribution in [3.8, 4) is 11.5 Å². The molecule has 0 aliphatic carbocycles. The number of quaternary nitrogens is 2. The molecule has 0 amide bonds. The van der Waals surface area contributed by atoms with Crippen LogP contribution in [-0.2, 0) is 20.2 Å². The molecule has 0 spiro atoms. The highest BCUT2D eigenvalue weighted by molar-refractivity contribution is 7.86. The molecular weight excluding hydrogens is 596 g/mol. The molecule has 0 aromatic heterocycles. The SMILES string of the molecule is C1C[NH2+]CC[NH2+]1.O.O.O.O.O.O.O=C(O)c1cc(S(=O)(=O)[O-])ccc1O.O=C(O)c1cc(S(=O)(=O)[O-])ccc1O. The third kappa shape index (κ3) is 16.4. The number of rotatable bonds is 4. The number of carbonyl (C=O) groups is 2. The number of carboxylic acids is 2. The molecule has 22 heteroatoms. The quantitative estimate of drug-likeness (QED) is 0.171. The maximum atomic E-state index is 10.5. The Bertz CT molecular complexity index is 1140. The Hall–Kier alpha value is -3.52. The lowest BCUT2D eigenvalue weighted by atomic mass is 10.2. The zero-order valence-corrected chi connectivity index (χ0v) is 22.0. The van der Waals surface area contributed by atoms with Gasteiger partial charge in [0, 0.05) is 0 Å². The van der Waals surface area contributed by atoms with Crippen LogP contribution in [0.4, 0.5) is 0 Å². The van der Waals surface area contributed by atoms with E-state index in [1.165, 1.54) is 26.2 Å². The molecule has 0 atom stereocenters. The normalized spacial score (nSPS) is 11.4. The molecule has 0 unspecified atom stereocenters. The number of aromatic hydroxyl groups is 2. The van der Waals surface area contributed by atoms with Crippen LogP contribution in [0.3, 0.4) is 0 Å². The molecule has 2 aromatic carbocycles. The van der Waals surface area contributed by atoms with Gasteiger partial charge in [-0.05, 0) is 36.4 Å². The number of benzene rings is 2. The average Bonchev–Trinajstić information content (AvgIpc) is 2.74. The van der Waals surface area contributed by atoms with Gasteiger partial charge in [-0.15, -0.1) is 0 Å². The highest BCUT2D eigenvalue weighted by Gasteiger charge is 2.13. The lowest BCUT2D eigenvalue weighted by molar-refractivity contribution is -0.787. The van der Waals surface area contributed by atoms with Crippen molar-refractivity contribution < 1.29 is 99.4 Å². The van der Waals surface area contributed by atoms with E-state index in [4.69, 9.17) is 20.4 Å². The minimum Gasteiger partial charge on any atom is -0.744 e. The maximum absolute atomic E-state index is 10.5. The smallest absolute Gasteiger partial charge is 0.339 e. The molecule has 20 N–H and O–H groups in total. The number of hydrogen-bond acceptors (Lipinski definition) is 10. The van der Waals surface area contributed by atoms with Crippen LogP contribution < -0.4 is 10.6 Å². The van der Waals surface area contributed by atoms with Crippen molar-refractivity contribution in [2.75, 3.05) is 26.2 Å². The van der Waals surface area contributed by atoms with Crippen LogP contribution in [0.15, 0.2) is 46.2 Å². The summed E-state index contributed by atoms with van der Waals surface area (Å²) in [5, 5.41) is 39.7. The minimum atomic E-state index is -4.70. The molecule has 1 fully saturated rings. The first-order valence-electron chi connectivity index (χ1n) is 9.32. The van der Waals surface area contributed by atoms with Gasteiger partial charge in [0.05, 0.1) is 9.79 Å². The fourth-order valence-corrected chi connectivity index (χ4v) is 3.44. The third-order valence-corrected chi connectivity index (χ3v) is 5.79. The molecule has 1 heterocycles. The Morgan fingerprint density at radius 1 is 0.600 bits per heavy atom. The van der Waals surface area contributed by atoms with Gasteiger partial charge < -0.3 is 73.0 Å². The molecule has 20 nitrogen and oxygen atoms in total. The summed E-state index contributed by atoms with van der Waals surface area (Å²) in [7, 11) is -9.40. The molecule has 40 heavy (non-hydrogen) atoms. The lowest BCUT2D eigenvalue weighted by Crippen LogP contribution is -3.04. The first-order valence-corrected chi connectivity index (χ1v) is 12.1. The Balaban J connectivity index is -0.000000107. The van der Waals surface area contributed by atoms with Crippen molar-refractivity contribution in [3.05, 3.63) is 47.5 Å². The van der Waals surface area contributed by atoms with Crippen LogP contribution in [-0.4, -0.2) is 117 Å². The molecule has 2 aromatic rings.